The number of aromatic nitrogens is 2. The molecule has 23 heavy (non-hydrogen) atoms. The summed E-state index contributed by atoms with van der Waals surface area (Å²) in [6.07, 6.45) is 0.483. The van der Waals surface area contributed by atoms with Gasteiger partial charge in [-0.25, -0.2) is 0 Å². The van der Waals surface area contributed by atoms with Crippen LogP contribution in [-0.4, -0.2) is 21.0 Å². The van der Waals surface area contributed by atoms with Gasteiger partial charge in [0, 0.05) is 22.6 Å². The maximum atomic E-state index is 12.1. The maximum Gasteiger partial charge on any atom is 0.322 e. The summed E-state index contributed by atoms with van der Waals surface area (Å²) in [5.41, 5.74) is -0.0289. The second-order valence-electron chi connectivity index (χ2n) is 4.52. The zero-order chi connectivity index (χ0) is 16.2. The molecule has 2 heterocycles. The smallest absolute Gasteiger partial charge is 0.322 e. The molecule has 0 bridgehead atoms. The van der Waals surface area contributed by atoms with Crippen LogP contribution in [0.2, 0.25) is 0 Å². The molecule has 0 spiro atoms. The molecule has 0 radical (unpaired) electrons. The Labute approximate surface area is 133 Å². The van der Waals surface area contributed by atoms with E-state index in [4.69, 9.17) is 4.42 Å². The highest BCUT2D eigenvalue weighted by atomic mass is 32.1. The largest absolute Gasteiger partial charge is 0.407 e. The normalized spacial score (nSPS) is 10.4. The molecule has 8 nitrogen and oxygen atoms in total. The zero-order valence-electron chi connectivity index (χ0n) is 11.6. The van der Waals surface area contributed by atoms with E-state index in [1.165, 1.54) is 24.3 Å². The molecule has 0 saturated heterocycles. The molecule has 0 saturated carbocycles. The minimum absolute atomic E-state index is 0.0481. The summed E-state index contributed by atoms with van der Waals surface area (Å²) in [5.74, 6) is -0.179. The predicted molar refractivity (Wildman–Crippen MR) is 82.5 cm³/mol. The predicted octanol–water partition coefficient (Wildman–Crippen LogP) is 2.88. The number of anilines is 1. The van der Waals surface area contributed by atoms with Crippen molar-refractivity contribution >= 4 is 28.9 Å². The lowest BCUT2D eigenvalue weighted by molar-refractivity contribution is -0.384. The molecular formula is C14H10N4O4S. The van der Waals surface area contributed by atoms with Crippen molar-refractivity contribution in [3.8, 4) is 0 Å². The summed E-state index contributed by atoms with van der Waals surface area (Å²) < 4.78 is 5.35. The van der Waals surface area contributed by atoms with E-state index in [1.54, 1.807) is 11.3 Å². The van der Waals surface area contributed by atoms with Gasteiger partial charge in [-0.3, -0.25) is 20.2 Å². The summed E-state index contributed by atoms with van der Waals surface area (Å²) in [5, 5.41) is 22.7. The number of benzene rings is 1. The number of hydrogen-bond acceptors (Lipinski definition) is 7. The topological polar surface area (TPSA) is 111 Å². The Morgan fingerprint density at radius 3 is 2.91 bits per heavy atom. The van der Waals surface area contributed by atoms with E-state index in [2.05, 4.69) is 15.5 Å². The van der Waals surface area contributed by atoms with Crippen LogP contribution in [0.25, 0.3) is 0 Å². The number of amides is 1. The van der Waals surface area contributed by atoms with Crippen LogP contribution >= 0.6 is 11.3 Å². The van der Waals surface area contributed by atoms with Crippen molar-refractivity contribution in [2.24, 2.45) is 0 Å². The second-order valence-corrected chi connectivity index (χ2v) is 5.55. The number of thiophene rings is 1. The van der Waals surface area contributed by atoms with Crippen LogP contribution in [0, 0.1) is 10.1 Å². The number of non-ortho nitro benzene ring substituents is 1. The minimum Gasteiger partial charge on any atom is -0.407 e. The SMILES string of the molecule is O=C(Nc1nnc(Cc2cccs2)o1)c1cccc([N+](=O)[O-])c1. The van der Waals surface area contributed by atoms with Gasteiger partial charge in [-0.1, -0.05) is 17.2 Å². The standard InChI is InChI=1S/C14H10N4O4S/c19-13(9-3-1-4-10(7-9)18(20)21)15-14-17-16-12(22-14)8-11-5-2-6-23-11/h1-7H,8H2,(H,15,17,19). The van der Waals surface area contributed by atoms with Gasteiger partial charge in [0.1, 0.15) is 0 Å². The van der Waals surface area contributed by atoms with Crippen LogP contribution in [0.3, 0.4) is 0 Å². The van der Waals surface area contributed by atoms with Crippen LogP contribution in [0.5, 0.6) is 0 Å². The zero-order valence-corrected chi connectivity index (χ0v) is 12.4. The van der Waals surface area contributed by atoms with Crippen LogP contribution in [0.15, 0.2) is 46.2 Å². The Bertz CT molecular complexity index is 844. The summed E-state index contributed by atoms with van der Waals surface area (Å²) in [7, 11) is 0. The number of rotatable bonds is 5. The molecular weight excluding hydrogens is 320 g/mol. The summed E-state index contributed by atoms with van der Waals surface area (Å²) >= 11 is 1.56. The fraction of sp³-hybridized carbons (Fsp3) is 0.0714. The molecule has 3 aromatic rings. The molecule has 2 aromatic heterocycles. The van der Waals surface area contributed by atoms with E-state index in [-0.39, 0.29) is 17.3 Å². The molecule has 116 valence electrons. The van der Waals surface area contributed by atoms with Crippen LogP contribution in [0.1, 0.15) is 21.1 Å². The summed E-state index contributed by atoms with van der Waals surface area (Å²) in [6, 6.07) is 9.19. The van der Waals surface area contributed by atoms with Crippen molar-refractivity contribution in [1.82, 2.24) is 10.2 Å². The van der Waals surface area contributed by atoms with E-state index in [1.807, 2.05) is 17.5 Å². The second kappa shape index (κ2) is 6.36. The Hall–Kier alpha value is -3.07. The number of nitrogens with one attached hydrogen (secondary N) is 1. The number of nitrogens with zero attached hydrogens (tertiary/aromatic N) is 3. The number of hydrogen-bond donors (Lipinski definition) is 1. The van der Waals surface area contributed by atoms with Gasteiger partial charge >= 0.3 is 6.01 Å². The molecule has 1 N–H and O–H groups in total. The summed E-state index contributed by atoms with van der Waals surface area (Å²) in [6.45, 7) is 0. The van der Waals surface area contributed by atoms with Crippen molar-refractivity contribution in [3.63, 3.8) is 0 Å². The molecule has 0 fully saturated rings. The minimum atomic E-state index is -0.567. The van der Waals surface area contributed by atoms with Gasteiger partial charge in [0.25, 0.3) is 11.6 Å². The molecule has 0 aliphatic carbocycles. The van der Waals surface area contributed by atoms with E-state index in [0.29, 0.717) is 12.3 Å². The third kappa shape index (κ3) is 3.58. The van der Waals surface area contributed by atoms with Crippen LogP contribution < -0.4 is 5.32 Å². The van der Waals surface area contributed by atoms with Crippen molar-refractivity contribution in [2.75, 3.05) is 5.32 Å². The van der Waals surface area contributed by atoms with Crippen molar-refractivity contribution < 1.29 is 14.1 Å². The average molecular weight is 330 g/mol. The molecule has 1 amide bonds. The monoisotopic (exact) mass is 330 g/mol. The average Bonchev–Trinajstić information content (AvgIpc) is 3.20. The Balaban J connectivity index is 1.69. The molecule has 0 aliphatic heterocycles. The molecule has 0 aliphatic rings. The van der Waals surface area contributed by atoms with Gasteiger partial charge in [-0.2, -0.15) is 0 Å². The highest BCUT2D eigenvalue weighted by Crippen LogP contribution is 2.17. The van der Waals surface area contributed by atoms with E-state index in [0.717, 1.165) is 4.88 Å². The molecule has 0 atom stereocenters. The molecule has 0 unspecified atom stereocenters. The fourth-order valence-corrected chi connectivity index (χ4v) is 2.56. The highest BCUT2D eigenvalue weighted by Gasteiger charge is 2.15. The van der Waals surface area contributed by atoms with Gasteiger partial charge < -0.3 is 4.42 Å². The van der Waals surface area contributed by atoms with Gasteiger partial charge in [-0.15, -0.1) is 16.4 Å². The highest BCUT2D eigenvalue weighted by molar-refractivity contribution is 7.09. The number of nitro groups is 1. The van der Waals surface area contributed by atoms with E-state index < -0.39 is 10.8 Å². The molecule has 1 aromatic carbocycles. The molecule has 3 rings (SSSR count). The first-order valence-electron chi connectivity index (χ1n) is 6.52. The lowest BCUT2D eigenvalue weighted by atomic mass is 10.2. The lowest BCUT2D eigenvalue weighted by Gasteiger charge is -2.00. The van der Waals surface area contributed by atoms with Gasteiger partial charge in [0.05, 0.1) is 11.3 Å². The fourth-order valence-electron chi connectivity index (χ4n) is 1.87. The number of nitro benzene ring substituents is 1. The van der Waals surface area contributed by atoms with Gasteiger partial charge in [0.2, 0.25) is 5.89 Å². The Morgan fingerprint density at radius 1 is 1.30 bits per heavy atom. The first-order valence-corrected chi connectivity index (χ1v) is 7.40. The molecule has 9 heteroatoms. The quantitative estimate of drug-likeness (QED) is 0.569. The first kappa shape index (κ1) is 14.9. The van der Waals surface area contributed by atoms with Gasteiger partial charge in [-0.05, 0) is 17.5 Å². The van der Waals surface area contributed by atoms with Crippen LogP contribution in [-0.2, 0) is 6.42 Å². The Morgan fingerprint density at radius 2 is 2.17 bits per heavy atom. The summed E-state index contributed by atoms with van der Waals surface area (Å²) in [4.78, 5) is 23.3. The first-order chi connectivity index (χ1) is 11.1. The Kier molecular flexibility index (Phi) is 4.11. The number of carbonyl (C=O) groups excluding carboxylic acids is 1. The van der Waals surface area contributed by atoms with Crippen molar-refractivity contribution in [1.29, 1.82) is 0 Å². The van der Waals surface area contributed by atoms with Crippen molar-refractivity contribution in [2.45, 2.75) is 6.42 Å². The third-order valence-corrected chi connectivity index (χ3v) is 3.79. The van der Waals surface area contributed by atoms with E-state index >= 15 is 0 Å². The third-order valence-electron chi connectivity index (χ3n) is 2.91. The maximum absolute atomic E-state index is 12.1. The van der Waals surface area contributed by atoms with E-state index in [9.17, 15) is 14.9 Å². The lowest BCUT2D eigenvalue weighted by Crippen LogP contribution is -2.12. The van der Waals surface area contributed by atoms with Crippen molar-refractivity contribution in [3.05, 3.63) is 68.2 Å². The van der Waals surface area contributed by atoms with Gasteiger partial charge in [0.15, 0.2) is 0 Å². The number of carbonyl (C=O) groups is 1. The van der Waals surface area contributed by atoms with Crippen LogP contribution in [0.4, 0.5) is 11.7 Å².